The number of ether oxygens (including phenoxy) is 1. The number of likely N-dealkylation sites (tertiary alicyclic amines) is 1. The first kappa shape index (κ1) is 22.1. The smallest absolute Gasteiger partial charge is 0.288 e. The van der Waals surface area contributed by atoms with Crippen molar-refractivity contribution >= 4 is 11.9 Å². The van der Waals surface area contributed by atoms with E-state index in [2.05, 4.69) is 40.1 Å². The monoisotopic (exact) mass is 404 g/mol. The number of amidine groups is 1. The van der Waals surface area contributed by atoms with Gasteiger partial charge in [-0.25, -0.2) is 4.99 Å². The molecule has 0 saturated carbocycles. The van der Waals surface area contributed by atoms with Crippen molar-refractivity contribution in [2.24, 2.45) is 4.99 Å². The molecule has 2 saturated heterocycles. The summed E-state index contributed by atoms with van der Waals surface area (Å²) < 4.78 is 6.03. The van der Waals surface area contributed by atoms with Crippen LogP contribution in [0.4, 0.5) is 0 Å². The van der Waals surface area contributed by atoms with E-state index in [1.165, 1.54) is 45.3 Å². The van der Waals surface area contributed by atoms with E-state index >= 15 is 0 Å². The minimum atomic E-state index is -0.0232. The number of aliphatic imine (C=N–C) groups is 1. The summed E-state index contributed by atoms with van der Waals surface area (Å²) in [6.45, 7) is 16.3. The number of piperazine rings is 1. The highest BCUT2D eigenvalue weighted by molar-refractivity contribution is 5.79. The van der Waals surface area contributed by atoms with Gasteiger partial charge in [0.2, 0.25) is 5.91 Å². The van der Waals surface area contributed by atoms with Crippen LogP contribution in [0.2, 0.25) is 0 Å². The first-order valence-electron chi connectivity index (χ1n) is 11.6. The van der Waals surface area contributed by atoms with Crippen LogP contribution in [0.5, 0.6) is 0 Å². The predicted octanol–water partition coefficient (Wildman–Crippen LogP) is 3.28. The van der Waals surface area contributed by atoms with Gasteiger partial charge < -0.3 is 19.4 Å². The molecule has 2 fully saturated rings. The second kappa shape index (κ2) is 10.5. The molecule has 6 heteroatoms. The summed E-state index contributed by atoms with van der Waals surface area (Å²) in [5.41, 5.74) is 1.01. The van der Waals surface area contributed by atoms with Crippen molar-refractivity contribution < 1.29 is 9.53 Å². The van der Waals surface area contributed by atoms with E-state index in [4.69, 9.17) is 4.74 Å². The van der Waals surface area contributed by atoms with Crippen LogP contribution in [-0.4, -0.2) is 84.1 Å². The van der Waals surface area contributed by atoms with Crippen LogP contribution < -0.4 is 0 Å². The molecule has 0 unspecified atom stereocenters. The van der Waals surface area contributed by atoms with Crippen LogP contribution in [0.25, 0.3) is 0 Å². The average molecular weight is 405 g/mol. The molecule has 1 amide bonds. The lowest BCUT2D eigenvalue weighted by molar-refractivity contribution is -0.135. The number of rotatable bonds is 7. The number of nitrogens with zero attached hydrogens (tertiary/aromatic N) is 4. The van der Waals surface area contributed by atoms with Crippen LogP contribution >= 0.6 is 0 Å². The van der Waals surface area contributed by atoms with Gasteiger partial charge in [0.15, 0.2) is 0 Å². The largest absolute Gasteiger partial charge is 0.455 e. The number of unbranched alkanes of at least 4 members (excludes halogenated alkanes) is 2. The Balaban J connectivity index is 1.35. The molecular formula is C23H40N4O2. The number of hydrogen-bond acceptors (Lipinski definition) is 5. The molecule has 164 valence electrons. The summed E-state index contributed by atoms with van der Waals surface area (Å²) in [7, 11) is 0. The van der Waals surface area contributed by atoms with E-state index in [-0.39, 0.29) is 18.2 Å². The number of hydrogen-bond donors (Lipinski definition) is 0. The fourth-order valence-corrected chi connectivity index (χ4v) is 4.77. The molecular weight excluding hydrogens is 364 g/mol. The maximum absolute atomic E-state index is 12.7. The second-order valence-electron chi connectivity index (χ2n) is 9.13. The molecule has 0 aromatic rings. The van der Waals surface area contributed by atoms with Gasteiger partial charge >= 0.3 is 0 Å². The summed E-state index contributed by atoms with van der Waals surface area (Å²) in [5.74, 6) is 0.303. The zero-order chi connectivity index (χ0) is 20.8. The van der Waals surface area contributed by atoms with Gasteiger partial charge in [-0.1, -0.05) is 19.4 Å². The summed E-state index contributed by atoms with van der Waals surface area (Å²) in [5, 5.41) is 0. The lowest BCUT2D eigenvalue weighted by Crippen LogP contribution is -2.55. The predicted molar refractivity (Wildman–Crippen MR) is 118 cm³/mol. The Bertz CT molecular complexity index is 600. The summed E-state index contributed by atoms with van der Waals surface area (Å²) >= 11 is 0. The van der Waals surface area contributed by atoms with Gasteiger partial charge in [-0.3, -0.25) is 4.79 Å². The van der Waals surface area contributed by atoms with Gasteiger partial charge in [0.1, 0.15) is 6.10 Å². The first-order valence-corrected chi connectivity index (χ1v) is 11.6. The van der Waals surface area contributed by atoms with E-state index in [0.29, 0.717) is 12.3 Å². The lowest BCUT2D eigenvalue weighted by atomic mass is 10.1. The van der Waals surface area contributed by atoms with E-state index in [1.807, 2.05) is 6.92 Å². The third-order valence-corrected chi connectivity index (χ3v) is 6.50. The molecule has 3 heterocycles. The topological polar surface area (TPSA) is 48.4 Å². The SMILES string of the molecule is C=C(C)[C@@H]1OC(N2CCN(C(=O)CCCCCN3CCCCC3)[C@H](C)C2)=N[C@H]1C. The number of carbonyl (C=O) groups excluding carboxylic acids is 1. The van der Waals surface area contributed by atoms with Crippen LogP contribution in [0.3, 0.4) is 0 Å². The Labute approximate surface area is 177 Å². The third kappa shape index (κ3) is 5.97. The van der Waals surface area contributed by atoms with Crippen molar-refractivity contribution in [3.05, 3.63) is 12.2 Å². The van der Waals surface area contributed by atoms with Gasteiger partial charge in [-0.2, -0.15) is 0 Å². The van der Waals surface area contributed by atoms with Crippen molar-refractivity contribution in [3.8, 4) is 0 Å². The van der Waals surface area contributed by atoms with Gasteiger partial charge in [0, 0.05) is 32.1 Å². The third-order valence-electron chi connectivity index (χ3n) is 6.50. The van der Waals surface area contributed by atoms with Crippen molar-refractivity contribution in [1.82, 2.24) is 14.7 Å². The molecule has 3 aliphatic rings. The van der Waals surface area contributed by atoms with Gasteiger partial charge in [0.05, 0.1) is 6.04 Å². The quantitative estimate of drug-likeness (QED) is 0.483. The zero-order valence-electron chi connectivity index (χ0n) is 18.7. The van der Waals surface area contributed by atoms with E-state index in [1.54, 1.807) is 0 Å². The van der Waals surface area contributed by atoms with Gasteiger partial charge in [-0.05, 0) is 71.7 Å². The first-order chi connectivity index (χ1) is 14.0. The standard InChI is InChI=1S/C23H40N4O2/c1-18(2)22-20(4)24-23(29-22)26-15-16-27(19(3)17-26)21(28)11-7-5-8-12-25-13-9-6-10-14-25/h19-20,22H,1,5-17H2,2-4H3/t19-,20+,22+/m1/s1. The summed E-state index contributed by atoms with van der Waals surface area (Å²) in [6.07, 6.45) is 8.13. The average Bonchev–Trinajstić information content (AvgIpc) is 3.10. The van der Waals surface area contributed by atoms with Gasteiger partial charge in [-0.15, -0.1) is 0 Å². The van der Waals surface area contributed by atoms with Crippen molar-refractivity contribution in [3.63, 3.8) is 0 Å². The maximum atomic E-state index is 12.7. The lowest BCUT2D eigenvalue weighted by Gasteiger charge is -2.40. The maximum Gasteiger partial charge on any atom is 0.288 e. The van der Waals surface area contributed by atoms with E-state index in [0.717, 1.165) is 44.1 Å². The number of carbonyl (C=O) groups is 1. The molecule has 6 nitrogen and oxygen atoms in total. The Hall–Kier alpha value is -1.56. The summed E-state index contributed by atoms with van der Waals surface area (Å²) in [6, 6.07) is 1.03. The van der Waals surface area contributed by atoms with Crippen LogP contribution in [0.15, 0.2) is 17.1 Å². The molecule has 0 bridgehead atoms. The molecule has 0 aliphatic carbocycles. The van der Waals surface area contributed by atoms with Crippen LogP contribution in [-0.2, 0) is 9.53 Å². The fraction of sp³-hybridized carbons (Fsp3) is 0.826. The number of piperidine rings is 1. The van der Waals surface area contributed by atoms with Crippen LogP contribution in [0.1, 0.15) is 65.7 Å². The minimum absolute atomic E-state index is 0.0232. The fourth-order valence-electron chi connectivity index (χ4n) is 4.77. The molecule has 0 aromatic heterocycles. The van der Waals surface area contributed by atoms with Gasteiger partial charge in [0.25, 0.3) is 6.02 Å². The minimum Gasteiger partial charge on any atom is -0.455 e. The van der Waals surface area contributed by atoms with Crippen LogP contribution in [0, 0.1) is 0 Å². The zero-order valence-corrected chi connectivity index (χ0v) is 18.7. The second-order valence-corrected chi connectivity index (χ2v) is 9.13. The Morgan fingerprint density at radius 2 is 1.86 bits per heavy atom. The highest BCUT2D eigenvalue weighted by atomic mass is 16.5. The molecule has 0 N–H and O–H groups in total. The Morgan fingerprint density at radius 1 is 1.10 bits per heavy atom. The molecule has 29 heavy (non-hydrogen) atoms. The molecule has 0 radical (unpaired) electrons. The Morgan fingerprint density at radius 3 is 2.52 bits per heavy atom. The van der Waals surface area contributed by atoms with E-state index < -0.39 is 0 Å². The number of amides is 1. The molecule has 0 spiro atoms. The molecule has 3 atom stereocenters. The van der Waals surface area contributed by atoms with E-state index in [9.17, 15) is 4.79 Å². The molecule has 3 aliphatic heterocycles. The normalized spacial score (nSPS) is 28.2. The Kier molecular flexibility index (Phi) is 7.99. The molecule has 0 aromatic carbocycles. The van der Waals surface area contributed by atoms with Crippen molar-refractivity contribution in [1.29, 1.82) is 0 Å². The highest BCUT2D eigenvalue weighted by Crippen LogP contribution is 2.23. The van der Waals surface area contributed by atoms with Crippen molar-refractivity contribution in [2.75, 3.05) is 39.3 Å². The van der Waals surface area contributed by atoms with Crippen molar-refractivity contribution in [2.45, 2.75) is 83.9 Å². The molecule has 3 rings (SSSR count). The highest BCUT2D eigenvalue weighted by Gasteiger charge is 2.35. The summed E-state index contributed by atoms with van der Waals surface area (Å²) in [4.78, 5) is 24.2.